The summed E-state index contributed by atoms with van der Waals surface area (Å²) in [7, 11) is 9.74. The van der Waals surface area contributed by atoms with Crippen molar-refractivity contribution in [3.63, 3.8) is 0 Å². The highest BCUT2D eigenvalue weighted by atomic mass is 16.7. The van der Waals surface area contributed by atoms with Gasteiger partial charge < -0.3 is 47.7 Å². The van der Waals surface area contributed by atoms with Crippen molar-refractivity contribution in [1.29, 1.82) is 0 Å². The Bertz CT molecular complexity index is 4700. The largest absolute Gasteiger partial charge is 0.504 e. The second-order valence-corrected chi connectivity index (χ2v) is 44.5. The fraction of sp³-hybridized carbons (Fsp3) is 0.721. The molecule has 2 aromatic rings. The molecular weight excluding hydrogens is 1490 g/mol. The molecule has 14 aliphatic rings. The number of allylic oxidation sites excluding steroid dienone is 11. The van der Waals surface area contributed by atoms with Crippen LogP contribution in [0.15, 0.2) is 81.7 Å². The van der Waals surface area contributed by atoms with E-state index in [1.54, 1.807) is 46.7 Å². The first kappa shape index (κ1) is 88.7. The topological polar surface area (TPSA) is 189 Å². The summed E-state index contributed by atoms with van der Waals surface area (Å²) in [6.45, 7) is 50.1. The van der Waals surface area contributed by atoms with Crippen LogP contribution in [0.2, 0.25) is 0 Å². The minimum Gasteiger partial charge on any atom is -0.504 e. The van der Waals surface area contributed by atoms with E-state index in [2.05, 4.69) is 168 Å². The van der Waals surface area contributed by atoms with Crippen LogP contribution < -0.4 is 14.2 Å². The van der Waals surface area contributed by atoms with Crippen molar-refractivity contribution < 1.29 is 71.7 Å². The number of rotatable bonds is 10. The molecule has 23 atom stereocenters. The maximum absolute atomic E-state index is 14.1. The molecule has 1 heterocycles. The minimum atomic E-state index is -0.864. The van der Waals surface area contributed by atoms with Gasteiger partial charge in [0, 0.05) is 34.7 Å². The van der Waals surface area contributed by atoms with E-state index < -0.39 is 29.2 Å². The molecule has 1 N–H and O–H groups in total. The number of hydrogen-bond donors (Lipinski definition) is 1. The fourth-order valence-electron chi connectivity index (χ4n) is 30.1. The zero-order chi connectivity index (χ0) is 87.1. The number of ether oxygens (including phenoxy) is 9. The first-order valence-electron chi connectivity index (χ1n) is 45.7. The van der Waals surface area contributed by atoms with Crippen molar-refractivity contribution in [2.45, 2.75) is 336 Å². The molecule has 16 rings (SSSR count). The quantitative estimate of drug-likeness (QED) is 0.134. The predicted octanol–water partition coefficient (Wildman–Crippen LogP) is 23.0. The summed E-state index contributed by atoms with van der Waals surface area (Å²) in [6.07, 6.45) is 34.7. The van der Waals surface area contributed by atoms with E-state index in [4.69, 9.17) is 42.6 Å². The summed E-state index contributed by atoms with van der Waals surface area (Å²) in [5.74, 6) is 3.68. The van der Waals surface area contributed by atoms with Crippen LogP contribution >= 0.6 is 0 Å². The molecule has 13 aliphatic carbocycles. The smallest absolute Gasteiger partial charge is 0.311 e. The van der Waals surface area contributed by atoms with Crippen molar-refractivity contribution in [2.75, 3.05) is 42.7 Å². The summed E-state index contributed by atoms with van der Waals surface area (Å²) < 4.78 is 51.7. The molecular formula is C104H148O15. The van der Waals surface area contributed by atoms with Gasteiger partial charge in [-0.3, -0.25) is 24.0 Å². The second kappa shape index (κ2) is 29.8. The van der Waals surface area contributed by atoms with Gasteiger partial charge in [0.2, 0.25) is 12.1 Å². The highest BCUT2D eigenvalue weighted by molar-refractivity contribution is 6.07. The number of benzene rings is 2. The molecule has 1 aliphatic heterocycles. The van der Waals surface area contributed by atoms with Crippen LogP contribution in [0.3, 0.4) is 0 Å². The summed E-state index contributed by atoms with van der Waals surface area (Å²) >= 11 is 0. The van der Waals surface area contributed by atoms with E-state index in [9.17, 15) is 29.1 Å². The lowest BCUT2D eigenvalue weighted by Gasteiger charge is -2.70. The van der Waals surface area contributed by atoms with Crippen LogP contribution in [0, 0.1) is 114 Å². The molecule has 0 bridgehead atoms. The Morgan fingerprint density at radius 1 is 0.487 bits per heavy atom. The number of phenols is 1. The van der Waals surface area contributed by atoms with Crippen LogP contribution in [-0.4, -0.2) is 95.9 Å². The van der Waals surface area contributed by atoms with Gasteiger partial charge in [0.1, 0.15) is 0 Å². The Morgan fingerprint density at radius 2 is 0.891 bits per heavy atom. The molecule has 15 nitrogen and oxygen atoms in total. The summed E-state index contributed by atoms with van der Waals surface area (Å²) in [6, 6.07) is 4.38. The van der Waals surface area contributed by atoms with E-state index in [0.717, 1.165) is 156 Å². The molecule has 0 radical (unpaired) electrons. The number of carbonyl (C=O) groups excluding carboxylic acids is 5. The van der Waals surface area contributed by atoms with Gasteiger partial charge in [-0.25, -0.2) is 0 Å². The van der Waals surface area contributed by atoms with Gasteiger partial charge in [-0.05, 0) is 331 Å². The monoisotopic (exact) mass is 1640 g/mol. The van der Waals surface area contributed by atoms with Crippen LogP contribution in [0.25, 0.3) is 0 Å². The lowest BCUT2D eigenvalue weighted by molar-refractivity contribution is -0.263. The summed E-state index contributed by atoms with van der Waals surface area (Å²) in [5, 5.41) is 10.7. The molecule has 119 heavy (non-hydrogen) atoms. The van der Waals surface area contributed by atoms with Crippen molar-refractivity contribution in [1.82, 2.24) is 0 Å². The third-order valence-electron chi connectivity index (χ3n) is 39.1. The molecule has 0 amide bonds. The maximum atomic E-state index is 14.1. The Hall–Kier alpha value is -6.61. The van der Waals surface area contributed by atoms with Gasteiger partial charge >= 0.3 is 23.9 Å². The number of phenolic OH excluding ortho intramolecular Hbond substituents is 1. The number of esters is 4. The average Bonchev–Trinajstić information content (AvgIpc) is 0.684. The van der Waals surface area contributed by atoms with Crippen LogP contribution in [-0.2, 0) is 76.1 Å². The number of methoxy groups -OCH3 is 6. The third kappa shape index (κ3) is 12.7. The van der Waals surface area contributed by atoms with Gasteiger partial charge in [-0.2, -0.15) is 0 Å². The minimum absolute atomic E-state index is 0.00151. The first-order chi connectivity index (χ1) is 55.5. The van der Waals surface area contributed by atoms with Crippen molar-refractivity contribution in [3.05, 3.63) is 115 Å². The number of fused-ring (bicyclic) bond motifs is 21. The normalized spacial score (nSPS) is 43.1. The van der Waals surface area contributed by atoms with E-state index in [1.165, 1.54) is 79.5 Å². The molecule has 9 saturated carbocycles. The van der Waals surface area contributed by atoms with E-state index in [1.807, 2.05) is 19.9 Å². The zero-order valence-electron chi connectivity index (χ0n) is 78.3. The highest BCUT2D eigenvalue weighted by Crippen LogP contribution is 2.79. The zero-order valence-corrected chi connectivity index (χ0v) is 78.3. The van der Waals surface area contributed by atoms with E-state index >= 15 is 0 Å². The molecule has 1 saturated heterocycles. The predicted molar refractivity (Wildman–Crippen MR) is 467 cm³/mol. The number of ketones is 1. The number of carbonyl (C=O) groups is 5. The molecule has 15 heteroatoms. The van der Waals surface area contributed by atoms with Gasteiger partial charge in [0.05, 0.1) is 65.0 Å². The van der Waals surface area contributed by atoms with Crippen LogP contribution in [0.5, 0.6) is 23.0 Å². The summed E-state index contributed by atoms with van der Waals surface area (Å²) in [5.41, 5.74) is 14.6. The van der Waals surface area contributed by atoms with Crippen LogP contribution in [0.1, 0.15) is 313 Å². The fourth-order valence-corrected chi connectivity index (χ4v) is 30.1. The SMILES string of the molecule is CCC1OC(OC2=C(C)C3=CC=C4[C@@](C)(CC[C@@]5(C)[C@@H]6C[C@](C)(C(=O)OC)CC[C@]6(C)CC[C@]45C)C3=CC2=O)C(OC(C)=O)C(C)C1C.COC(=O)[C@]1(C)CC[C@]2(C)CC[C@]3(C)C4=CCc5c(cc(OC)c(O)c5C)[C@]4(C)CC[C@@]3(C)[C@@H]2C1.COC(=O)[C@]1(C)CC[C@]2(C)CC[C@]3(C)C4=CCc5c(cc(OC)c(OC)c5C)[C@]4(C)CC[C@@]3(C)[C@@H]2C1. The van der Waals surface area contributed by atoms with Crippen molar-refractivity contribution in [3.8, 4) is 23.0 Å². The third-order valence-corrected chi connectivity index (χ3v) is 39.1. The number of hydrogen-bond acceptors (Lipinski definition) is 15. The van der Waals surface area contributed by atoms with Crippen molar-refractivity contribution in [2.24, 2.45) is 100.0 Å². The van der Waals surface area contributed by atoms with Crippen LogP contribution in [0.4, 0.5) is 0 Å². The molecule has 654 valence electrons. The van der Waals surface area contributed by atoms with E-state index in [0.29, 0.717) is 23.5 Å². The first-order valence-corrected chi connectivity index (χ1v) is 45.7. The second-order valence-electron chi connectivity index (χ2n) is 44.5. The molecule has 0 spiro atoms. The van der Waals surface area contributed by atoms with Gasteiger partial charge in [0.15, 0.2) is 34.9 Å². The lowest BCUT2D eigenvalue weighted by Crippen LogP contribution is -2.62. The molecule has 0 aromatic heterocycles. The molecule has 5 unspecified atom stereocenters. The Kier molecular flexibility index (Phi) is 22.2. The average molecular weight is 1640 g/mol. The number of aromatic hydroxyl groups is 1. The Labute approximate surface area is 713 Å². The standard InChI is InChI=1S/C41H58O7.C32H46O4.C31H44O4/c1-12-30-23(2)24(3)34(46-26(5)42)35(47-30)48-33-25(4)27-13-14-31-39(8,28(27)21-29(33)43)18-20-41(10)32-22-38(7,36(44)45-11)16-15-37(32,6)17-19-40(31,41)9;1-20-21-10-11-24-30(4,22(21)18-23(34-7)26(20)35-8)15-17-32(6)25-19-29(3,27(33)36-9)13-12-28(25,2)14-16-31(24,32)5;1-19-20-9-10-23-29(4,21(20)17-22(34-7)25(19)32)14-16-31(6)24-18-28(3,26(33)35-8)12-11-27(24,2)13-15-30(23,31)5/h13-14,21,23-24,30,32,34-35H,12,15-20,22H2,1-11H3;11,18,25H,10,12-17,19H2,1-9H3;10,17,24,32H,9,11-16,18H2,1-8H3/t23?,24?,30?,32-,34?,35?,37-,38-,39+,40-,41+;25-,28-,29-,30+,31-,32+;24-,27-,28-,29+,30-,31+/m111/s1. The van der Waals surface area contributed by atoms with Gasteiger partial charge in [0.25, 0.3) is 0 Å². The summed E-state index contributed by atoms with van der Waals surface area (Å²) in [4.78, 5) is 65.0. The Balaban J connectivity index is 0.000000149. The highest BCUT2D eigenvalue weighted by Gasteiger charge is 2.72. The van der Waals surface area contributed by atoms with E-state index in [-0.39, 0.29) is 124 Å². The van der Waals surface area contributed by atoms with Gasteiger partial charge in [-0.1, -0.05) is 145 Å². The maximum Gasteiger partial charge on any atom is 0.311 e. The van der Waals surface area contributed by atoms with Crippen molar-refractivity contribution >= 4 is 29.7 Å². The van der Waals surface area contributed by atoms with Gasteiger partial charge in [-0.15, -0.1) is 0 Å². The molecule has 10 fully saturated rings. The Morgan fingerprint density at radius 3 is 1.29 bits per heavy atom. The lowest BCUT2D eigenvalue weighted by atomic mass is 9.34. The molecule has 2 aromatic carbocycles.